The predicted octanol–water partition coefficient (Wildman–Crippen LogP) is 22.8. The summed E-state index contributed by atoms with van der Waals surface area (Å²) in [6.07, 6.45) is 92.1. The number of ether oxygens (including phenoxy) is 3. The van der Waals surface area contributed by atoms with Gasteiger partial charge in [0.05, 0.1) is 0 Å². The van der Waals surface area contributed by atoms with Crippen molar-refractivity contribution in [3.05, 3.63) is 122 Å². The molecule has 0 aromatic rings. The summed E-state index contributed by atoms with van der Waals surface area (Å²) in [7, 11) is 0. The Morgan fingerprint density at radius 2 is 0.494 bits per heavy atom. The van der Waals surface area contributed by atoms with Crippen LogP contribution >= 0.6 is 0 Å². The average molecular weight is 1100 g/mol. The molecule has 0 aliphatic rings. The summed E-state index contributed by atoms with van der Waals surface area (Å²) < 4.78 is 16.9. The second-order valence-corrected chi connectivity index (χ2v) is 21.6. The quantitative estimate of drug-likeness (QED) is 0.0261. The Labute approximate surface area is 488 Å². The number of hydrogen-bond donors (Lipinski definition) is 0. The van der Waals surface area contributed by atoms with Gasteiger partial charge in [-0.2, -0.15) is 0 Å². The molecule has 450 valence electrons. The van der Waals surface area contributed by atoms with E-state index in [9.17, 15) is 14.4 Å². The van der Waals surface area contributed by atoms with Crippen LogP contribution in [0.25, 0.3) is 0 Å². The maximum atomic E-state index is 12.9. The van der Waals surface area contributed by atoms with E-state index >= 15 is 0 Å². The molecule has 0 bridgehead atoms. The number of allylic oxidation sites excluding steroid dienone is 20. The highest BCUT2D eigenvalue weighted by Crippen LogP contribution is 2.16. The molecule has 0 aromatic carbocycles. The summed E-state index contributed by atoms with van der Waals surface area (Å²) in [4.78, 5) is 38.4. The van der Waals surface area contributed by atoms with Gasteiger partial charge >= 0.3 is 17.9 Å². The molecule has 79 heavy (non-hydrogen) atoms. The van der Waals surface area contributed by atoms with Crippen molar-refractivity contribution < 1.29 is 28.6 Å². The summed E-state index contributed by atoms with van der Waals surface area (Å²) in [6.45, 7) is 6.38. The van der Waals surface area contributed by atoms with Crippen LogP contribution in [0.2, 0.25) is 0 Å². The lowest BCUT2D eigenvalue weighted by Gasteiger charge is -2.18. The smallest absolute Gasteiger partial charge is 0.306 e. The normalized spacial score (nSPS) is 12.9. The summed E-state index contributed by atoms with van der Waals surface area (Å²) in [5.41, 5.74) is 0. The highest BCUT2D eigenvalue weighted by atomic mass is 16.6. The summed E-state index contributed by atoms with van der Waals surface area (Å²) in [5.74, 6) is -0.938. The topological polar surface area (TPSA) is 78.9 Å². The Morgan fingerprint density at radius 1 is 0.266 bits per heavy atom. The first-order valence-electron chi connectivity index (χ1n) is 33.0. The number of carbonyl (C=O) groups excluding carboxylic acids is 3. The van der Waals surface area contributed by atoms with Crippen LogP contribution in [0.5, 0.6) is 0 Å². The number of hydrogen-bond acceptors (Lipinski definition) is 6. The van der Waals surface area contributed by atoms with Crippen LogP contribution in [0.15, 0.2) is 122 Å². The van der Waals surface area contributed by atoms with Gasteiger partial charge in [0, 0.05) is 19.3 Å². The standard InChI is InChI=1S/C73H122O6/c1-4-7-10-13-16-19-22-25-28-30-32-34-35-36-37-39-40-42-45-48-51-54-57-60-63-66-72(75)78-69-70(68-77-71(74)65-62-59-56-53-50-47-44-27-24-21-18-15-12-9-6-3)79-73(76)67-64-61-58-55-52-49-46-43-41-38-33-31-29-26-23-20-17-14-11-8-5-2/h7,9-10,12,16,18-19,21,23,25-28,31-34,44,50,53,70H,4-6,8,11,13-15,17,20,22,24,29-30,35-43,45-49,51-52,54-69H2,1-3H3/b10-7-,12-9-,19-16-,21-18-,26-23-,28-25-,33-31-,34-32-,44-27-,53-50-. The molecule has 0 aliphatic heterocycles. The monoisotopic (exact) mass is 1090 g/mol. The molecule has 0 saturated carbocycles. The highest BCUT2D eigenvalue weighted by Gasteiger charge is 2.19. The maximum Gasteiger partial charge on any atom is 0.306 e. The Balaban J connectivity index is 4.39. The van der Waals surface area contributed by atoms with Crippen molar-refractivity contribution in [2.24, 2.45) is 0 Å². The van der Waals surface area contributed by atoms with E-state index in [4.69, 9.17) is 14.2 Å². The maximum absolute atomic E-state index is 12.9. The van der Waals surface area contributed by atoms with Crippen LogP contribution in [0.4, 0.5) is 0 Å². The van der Waals surface area contributed by atoms with Crippen LogP contribution in [0.1, 0.15) is 303 Å². The third-order valence-electron chi connectivity index (χ3n) is 13.9. The van der Waals surface area contributed by atoms with Crippen LogP contribution in [0, 0.1) is 0 Å². The molecule has 0 N–H and O–H groups in total. The fourth-order valence-corrected chi connectivity index (χ4v) is 9.04. The molecule has 1 atom stereocenters. The molecule has 0 aromatic heterocycles. The molecular formula is C73H122O6. The van der Waals surface area contributed by atoms with E-state index < -0.39 is 6.10 Å². The van der Waals surface area contributed by atoms with E-state index in [-0.39, 0.29) is 31.1 Å². The van der Waals surface area contributed by atoms with Crippen LogP contribution in [0.3, 0.4) is 0 Å². The van der Waals surface area contributed by atoms with Crippen LogP contribution in [-0.4, -0.2) is 37.2 Å². The molecule has 0 radical (unpaired) electrons. The number of rotatable bonds is 59. The first-order valence-corrected chi connectivity index (χ1v) is 33.0. The third kappa shape index (κ3) is 64.5. The second-order valence-electron chi connectivity index (χ2n) is 21.6. The van der Waals surface area contributed by atoms with E-state index in [1.54, 1.807) is 0 Å². The van der Waals surface area contributed by atoms with Crippen LogP contribution in [-0.2, 0) is 28.6 Å². The van der Waals surface area contributed by atoms with Gasteiger partial charge < -0.3 is 14.2 Å². The zero-order valence-corrected chi connectivity index (χ0v) is 51.6. The van der Waals surface area contributed by atoms with Gasteiger partial charge in [-0.1, -0.05) is 277 Å². The van der Waals surface area contributed by atoms with Crippen LogP contribution < -0.4 is 0 Å². The lowest BCUT2D eigenvalue weighted by Crippen LogP contribution is -2.30. The second kappa shape index (κ2) is 66.3. The van der Waals surface area contributed by atoms with Crippen molar-refractivity contribution in [3.63, 3.8) is 0 Å². The van der Waals surface area contributed by atoms with Crippen molar-refractivity contribution >= 4 is 17.9 Å². The van der Waals surface area contributed by atoms with Gasteiger partial charge in [-0.25, -0.2) is 0 Å². The zero-order valence-electron chi connectivity index (χ0n) is 51.6. The minimum absolute atomic E-state index is 0.0953. The van der Waals surface area contributed by atoms with Crippen molar-refractivity contribution in [2.45, 2.75) is 309 Å². The molecule has 1 unspecified atom stereocenters. The Bertz CT molecular complexity index is 1640. The molecule has 0 amide bonds. The molecule has 0 aliphatic carbocycles. The van der Waals surface area contributed by atoms with Gasteiger partial charge in [-0.05, 0) is 128 Å². The van der Waals surface area contributed by atoms with Gasteiger partial charge in [0.2, 0.25) is 0 Å². The molecule has 0 rings (SSSR count). The first-order chi connectivity index (χ1) is 39.0. The molecule has 0 saturated heterocycles. The first kappa shape index (κ1) is 74.8. The molecule has 0 spiro atoms. The molecule has 0 heterocycles. The van der Waals surface area contributed by atoms with Crippen molar-refractivity contribution in [2.75, 3.05) is 13.2 Å². The molecular weight excluding hydrogens is 973 g/mol. The van der Waals surface area contributed by atoms with E-state index in [0.29, 0.717) is 19.3 Å². The largest absolute Gasteiger partial charge is 0.462 e. The van der Waals surface area contributed by atoms with Gasteiger partial charge in [-0.15, -0.1) is 0 Å². The molecule has 6 nitrogen and oxygen atoms in total. The van der Waals surface area contributed by atoms with E-state index in [1.165, 1.54) is 148 Å². The minimum Gasteiger partial charge on any atom is -0.462 e. The van der Waals surface area contributed by atoms with Gasteiger partial charge in [0.1, 0.15) is 13.2 Å². The van der Waals surface area contributed by atoms with E-state index in [1.807, 2.05) is 0 Å². The average Bonchev–Trinajstić information content (AvgIpc) is 3.45. The van der Waals surface area contributed by atoms with Crippen molar-refractivity contribution in [1.29, 1.82) is 0 Å². The number of carbonyl (C=O) groups is 3. The summed E-state index contributed by atoms with van der Waals surface area (Å²) in [5, 5.41) is 0. The highest BCUT2D eigenvalue weighted by molar-refractivity contribution is 5.71. The fraction of sp³-hybridized carbons (Fsp3) is 0.685. The Hall–Kier alpha value is -4.19. The number of unbranched alkanes of at least 4 members (excludes halogenated alkanes) is 28. The molecule has 6 heteroatoms. The van der Waals surface area contributed by atoms with Gasteiger partial charge in [0.25, 0.3) is 0 Å². The predicted molar refractivity (Wildman–Crippen MR) is 343 cm³/mol. The van der Waals surface area contributed by atoms with Gasteiger partial charge in [0.15, 0.2) is 6.10 Å². The third-order valence-corrected chi connectivity index (χ3v) is 13.9. The van der Waals surface area contributed by atoms with Crippen molar-refractivity contribution in [3.8, 4) is 0 Å². The van der Waals surface area contributed by atoms with Gasteiger partial charge in [-0.3, -0.25) is 14.4 Å². The SMILES string of the molecule is CC/C=C\C/C=C\C/C=C\C/C=C\CCCCCCCCCCCCCCC(=O)OCC(COC(=O)CCCC/C=C\C/C=C\C/C=C\C/C=C\CC)OC(=O)CCCCCCCCCCC/C=C\C/C=C\CCCCCCC. The fourth-order valence-electron chi connectivity index (χ4n) is 9.04. The zero-order chi connectivity index (χ0) is 57.1. The lowest BCUT2D eigenvalue weighted by molar-refractivity contribution is -0.167. The van der Waals surface area contributed by atoms with Crippen molar-refractivity contribution in [1.82, 2.24) is 0 Å². The van der Waals surface area contributed by atoms with E-state index in [2.05, 4.69) is 142 Å². The number of esters is 3. The molecule has 0 fully saturated rings. The Morgan fingerprint density at radius 3 is 0.797 bits per heavy atom. The summed E-state index contributed by atoms with van der Waals surface area (Å²) in [6, 6.07) is 0. The minimum atomic E-state index is -0.803. The summed E-state index contributed by atoms with van der Waals surface area (Å²) >= 11 is 0. The lowest BCUT2D eigenvalue weighted by atomic mass is 10.0. The Kier molecular flexibility index (Phi) is 62.8. The van der Waals surface area contributed by atoms with E-state index in [0.717, 1.165) is 116 Å².